The first-order chi connectivity index (χ1) is 16.1. The molecule has 0 saturated heterocycles. The zero-order valence-corrected chi connectivity index (χ0v) is 19.2. The molecule has 2 aromatic carbocycles. The normalized spacial score (nSPS) is 13.1. The van der Waals surface area contributed by atoms with Crippen molar-refractivity contribution in [1.29, 1.82) is 0 Å². The Bertz CT molecular complexity index is 1280. The molecule has 4 aromatic rings. The fourth-order valence-corrected chi connectivity index (χ4v) is 4.86. The van der Waals surface area contributed by atoms with Crippen LogP contribution in [0.2, 0.25) is 0 Å². The van der Waals surface area contributed by atoms with Crippen molar-refractivity contribution in [2.75, 3.05) is 6.79 Å². The molecule has 5 rings (SSSR count). The van der Waals surface area contributed by atoms with Crippen LogP contribution < -0.4 is 4.74 Å². The standard InChI is InChI=1S/C25H23FN4O2S/c1-16(2)21-7-3-4-8-22(21)30-24(17-6-5-9-27-12-17)28-29-25(30)33-14-19-11-20(26)10-18-13-31-15-32-23(18)19/h3-12,16H,13-15H2,1-2H3. The molecular weight excluding hydrogens is 439 g/mol. The van der Waals surface area contributed by atoms with Crippen LogP contribution in [-0.2, 0) is 17.1 Å². The molecule has 0 atom stereocenters. The third-order valence-electron chi connectivity index (χ3n) is 5.46. The number of fused-ring (bicyclic) bond motifs is 1. The molecule has 8 heteroatoms. The quantitative estimate of drug-likeness (QED) is 0.340. The van der Waals surface area contributed by atoms with Gasteiger partial charge in [0.1, 0.15) is 11.6 Å². The average molecular weight is 463 g/mol. The van der Waals surface area contributed by atoms with E-state index in [1.54, 1.807) is 12.4 Å². The van der Waals surface area contributed by atoms with Gasteiger partial charge in [0.25, 0.3) is 0 Å². The van der Waals surface area contributed by atoms with Crippen LogP contribution in [0.5, 0.6) is 5.75 Å². The summed E-state index contributed by atoms with van der Waals surface area (Å²) < 4.78 is 27.3. The van der Waals surface area contributed by atoms with Gasteiger partial charge in [-0.2, -0.15) is 0 Å². The molecule has 0 aliphatic carbocycles. The third-order valence-corrected chi connectivity index (χ3v) is 6.44. The van der Waals surface area contributed by atoms with Gasteiger partial charge in [-0.25, -0.2) is 4.39 Å². The Morgan fingerprint density at radius 1 is 1.12 bits per heavy atom. The molecule has 3 heterocycles. The van der Waals surface area contributed by atoms with Crippen molar-refractivity contribution in [2.24, 2.45) is 0 Å². The smallest absolute Gasteiger partial charge is 0.196 e. The number of ether oxygens (including phenoxy) is 2. The first kappa shape index (κ1) is 21.6. The topological polar surface area (TPSA) is 62.1 Å². The van der Waals surface area contributed by atoms with Crippen LogP contribution in [-0.4, -0.2) is 26.5 Å². The van der Waals surface area contributed by atoms with Crippen molar-refractivity contribution in [3.63, 3.8) is 0 Å². The molecule has 0 fully saturated rings. The maximum Gasteiger partial charge on any atom is 0.196 e. The molecule has 0 amide bonds. The van der Waals surface area contributed by atoms with E-state index in [1.165, 1.54) is 29.5 Å². The lowest BCUT2D eigenvalue weighted by Crippen LogP contribution is -2.13. The number of hydrogen-bond donors (Lipinski definition) is 0. The van der Waals surface area contributed by atoms with Gasteiger partial charge in [-0.1, -0.05) is 43.8 Å². The largest absolute Gasteiger partial charge is 0.467 e. The van der Waals surface area contributed by atoms with Crippen LogP contribution in [0.4, 0.5) is 4.39 Å². The van der Waals surface area contributed by atoms with E-state index in [9.17, 15) is 4.39 Å². The summed E-state index contributed by atoms with van der Waals surface area (Å²) in [6.45, 7) is 4.84. The van der Waals surface area contributed by atoms with E-state index in [2.05, 4.69) is 45.7 Å². The second-order valence-electron chi connectivity index (χ2n) is 8.05. The Kier molecular flexibility index (Phi) is 6.11. The Balaban J connectivity index is 1.57. The zero-order chi connectivity index (χ0) is 22.8. The van der Waals surface area contributed by atoms with E-state index in [-0.39, 0.29) is 12.6 Å². The number of benzene rings is 2. The van der Waals surface area contributed by atoms with Gasteiger partial charge in [-0.3, -0.25) is 9.55 Å². The Morgan fingerprint density at radius 3 is 2.82 bits per heavy atom. The number of aromatic nitrogens is 4. The van der Waals surface area contributed by atoms with Gasteiger partial charge < -0.3 is 9.47 Å². The number of halogens is 1. The first-order valence-electron chi connectivity index (χ1n) is 10.7. The molecule has 2 aromatic heterocycles. The second-order valence-corrected chi connectivity index (χ2v) is 8.99. The number of thioether (sulfide) groups is 1. The van der Waals surface area contributed by atoms with E-state index >= 15 is 0 Å². The molecule has 0 radical (unpaired) electrons. The number of hydrogen-bond acceptors (Lipinski definition) is 6. The summed E-state index contributed by atoms with van der Waals surface area (Å²) in [5, 5.41) is 9.73. The highest BCUT2D eigenvalue weighted by Gasteiger charge is 2.22. The minimum atomic E-state index is -0.305. The number of pyridine rings is 1. The Hall–Kier alpha value is -3.23. The molecule has 0 unspecified atom stereocenters. The highest BCUT2D eigenvalue weighted by atomic mass is 32.2. The van der Waals surface area contributed by atoms with E-state index in [0.29, 0.717) is 35.0 Å². The molecule has 168 valence electrons. The molecule has 33 heavy (non-hydrogen) atoms. The highest BCUT2D eigenvalue weighted by Crippen LogP contribution is 2.36. The van der Waals surface area contributed by atoms with Gasteiger partial charge in [0.15, 0.2) is 17.8 Å². The monoisotopic (exact) mass is 462 g/mol. The van der Waals surface area contributed by atoms with Crippen LogP contribution in [0, 0.1) is 5.82 Å². The van der Waals surface area contributed by atoms with Crippen molar-refractivity contribution in [3.8, 4) is 22.8 Å². The lowest BCUT2D eigenvalue weighted by Gasteiger charge is -2.21. The van der Waals surface area contributed by atoms with Gasteiger partial charge >= 0.3 is 0 Å². The molecular formula is C25H23FN4O2S. The third kappa shape index (κ3) is 4.36. The number of nitrogens with zero attached hydrogens (tertiary/aromatic N) is 4. The van der Waals surface area contributed by atoms with Crippen LogP contribution in [0.3, 0.4) is 0 Å². The summed E-state index contributed by atoms with van der Waals surface area (Å²) in [5.41, 5.74) is 4.57. The maximum absolute atomic E-state index is 14.2. The number of para-hydroxylation sites is 1. The van der Waals surface area contributed by atoms with Crippen molar-refractivity contribution < 1.29 is 13.9 Å². The van der Waals surface area contributed by atoms with E-state index in [0.717, 1.165) is 22.4 Å². The van der Waals surface area contributed by atoms with Crippen LogP contribution in [0.1, 0.15) is 36.5 Å². The van der Waals surface area contributed by atoms with Gasteiger partial charge in [0.2, 0.25) is 0 Å². The zero-order valence-electron chi connectivity index (χ0n) is 18.4. The summed E-state index contributed by atoms with van der Waals surface area (Å²) in [6, 6.07) is 15.1. The first-order valence-corrected chi connectivity index (χ1v) is 11.7. The fourth-order valence-electron chi connectivity index (χ4n) is 3.95. The molecule has 0 spiro atoms. The summed E-state index contributed by atoms with van der Waals surface area (Å²) >= 11 is 1.49. The van der Waals surface area contributed by atoms with Crippen LogP contribution in [0.15, 0.2) is 66.1 Å². The lowest BCUT2D eigenvalue weighted by atomic mass is 10.0. The van der Waals surface area contributed by atoms with Gasteiger partial charge in [0, 0.05) is 34.8 Å². The van der Waals surface area contributed by atoms with E-state index in [1.807, 2.05) is 24.3 Å². The predicted molar refractivity (Wildman–Crippen MR) is 125 cm³/mol. The van der Waals surface area contributed by atoms with E-state index < -0.39 is 0 Å². The SMILES string of the molecule is CC(C)c1ccccc1-n1c(SCc2cc(F)cc3c2OCOC3)nnc1-c1cccnc1. The number of rotatable bonds is 6. The Labute approximate surface area is 195 Å². The summed E-state index contributed by atoms with van der Waals surface area (Å²) in [5.74, 6) is 1.89. The highest BCUT2D eigenvalue weighted by molar-refractivity contribution is 7.98. The second kappa shape index (κ2) is 9.33. The summed E-state index contributed by atoms with van der Waals surface area (Å²) in [4.78, 5) is 4.26. The summed E-state index contributed by atoms with van der Waals surface area (Å²) in [7, 11) is 0. The Morgan fingerprint density at radius 2 is 2.00 bits per heavy atom. The van der Waals surface area contributed by atoms with Crippen molar-refractivity contribution >= 4 is 11.8 Å². The lowest BCUT2D eigenvalue weighted by molar-refractivity contribution is -0.0171. The van der Waals surface area contributed by atoms with Crippen molar-refractivity contribution in [2.45, 2.75) is 37.3 Å². The predicted octanol–water partition coefficient (Wildman–Crippen LogP) is 5.75. The van der Waals surface area contributed by atoms with E-state index in [4.69, 9.17) is 9.47 Å². The van der Waals surface area contributed by atoms with Gasteiger partial charge in [-0.15, -0.1) is 10.2 Å². The summed E-state index contributed by atoms with van der Waals surface area (Å²) in [6.07, 6.45) is 3.52. The van der Waals surface area contributed by atoms with Crippen LogP contribution in [0.25, 0.3) is 17.1 Å². The molecule has 6 nitrogen and oxygen atoms in total. The fraction of sp³-hybridized carbons (Fsp3) is 0.240. The van der Waals surface area contributed by atoms with Gasteiger partial charge in [0.05, 0.1) is 12.3 Å². The van der Waals surface area contributed by atoms with Crippen LogP contribution >= 0.6 is 11.8 Å². The minimum absolute atomic E-state index is 0.166. The average Bonchev–Trinajstić information content (AvgIpc) is 3.26. The van der Waals surface area contributed by atoms with Gasteiger partial charge in [-0.05, 0) is 41.8 Å². The maximum atomic E-state index is 14.2. The minimum Gasteiger partial charge on any atom is -0.467 e. The van der Waals surface area contributed by atoms with Crippen molar-refractivity contribution in [3.05, 3.63) is 83.4 Å². The molecule has 1 aliphatic rings. The molecule has 0 N–H and O–H groups in total. The molecule has 0 saturated carbocycles. The molecule has 1 aliphatic heterocycles. The van der Waals surface area contributed by atoms with Crippen molar-refractivity contribution in [1.82, 2.24) is 19.7 Å². The molecule has 0 bridgehead atoms.